The molecule has 0 aliphatic heterocycles. The van der Waals surface area contributed by atoms with Gasteiger partial charge in [0.05, 0.1) is 27.6 Å². The zero-order chi connectivity index (χ0) is 15.5. The molecule has 0 atom stereocenters. The lowest BCUT2D eigenvalue weighted by atomic mass is 9.87. The van der Waals surface area contributed by atoms with Crippen LogP contribution < -0.4 is 0 Å². The fourth-order valence-corrected chi connectivity index (χ4v) is 4.18. The quantitative estimate of drug-likeness (QED) is 0.648. The van der Waals surface area contributed by atoms with Crippen LogP contribution in [-0.2, 0) is 0 Å². The van der Waals surface area contributed by atoms with Gasteiger partial charge in [-0.25, -0.2) is 4.98 Å². The monoisotopic (exact) mass is 352 g/mol. The molecule has 1 aromatic heterocycles. The number of aryl methyl sites for hydroxylation is 1. The fourth-order valence-electron chi connectivity index (χ4n) is 2.85. The number of nitrogens with zero attached hydrogens (tertiary/aromatic N) is 2. The van der Waals surface area contributed by atoms with Crippen LogP contribution >= 0.6 is 35.0 Å². The molecule has 0 spiro atoms. The molecule has 1 aliphatic carbocycles. The van der Waals surface area contributed by atoms with Crippen LogP contribution in [0.4, 0.5) is 0 Å². The van der Waals surface area contributed by atoms with E-state index in [1.165, 1.54) is 43.9 Å². The first-order valence-corrected chi connectivity index (χ1v) is 9.18. The van der Waals surface area contributed by atoms with Crippen molar-refractivity contribution < 1.29 is 0 Å². The highest BCUT2D eigenvalue weighted by atomic mass is 35.5. The second kappa shape index (κ2) is 7.20. The number of aromatic nitrogens is 2. The summed E-state index contributed by atoms with van der Waals surface area (Å²) < 4.78 is 0. The van der Waals surface area contributed by atoms with E-state index in [9.17, 15) is 0 Å². The van der Waals surface area contributed by atoms with E-state index in [0.717, 1.165) is 21.3 Å². The number of hydrogen-bond acceptors (Lipinski definition) is 3. The zero-order valence-corrected chi connectivity index (χ0v) is 14.8. The molecule has 0 amide bonds. The second-order valence-corrected chi connectivity index (χ2v) is 7.49. The molecule has 22 heavy (non-hydrogen) atoms. The maximum atomic E-state index is 6.25. The molecule has 0 bridgehead atoms. The van der Waals surface area contributed by atoms with Crippen LogP contribution in [0.25, 0.3) is 0 Å². The number of halogens is 2. The molecule has 1 fully saturated rings. The third-order valence-electron chi connectivity index (χ3n) is 4.07. The van der Waals surface area contributed by atoms with Crippen LogP contribution in [-0.4, -0.2) is 9.97 Å². The summed E-state index contributed by atoms with van der Waals surface area (Å²) in [4.78, 5) is 10.3. The van der Waals surface area contributed by atoms with Gasteiger partial charge in [0.15, 0.2) is 0 Å². The number of benzene rings is 1. The molecule has 0 saturated heterocycles. The largest absolute Gasteiger partial charge is 0.253 e. The average molecular weight is 353 g/mol. The summed E-state index contributed by atoms with van der Waals surface area (Å²) in [6.07, 6.45) is 8.37. The summed E-state index contributed by atoms with van der Waals surface area (Å²) >= 11 is 13.8. The van der Waals surface area contributed by atoms with Crippen LogP contribution in [0.2, 0.25) is 10.0 Å². The standard InChI is InChI=1S/C17H18Cl2N2S/c1-11-17(22-15-9-5-8-13(18)16(15)19)20-10-14(21-11)12-6-3-2-4-7-12/h5,8-10,12H,2-4,6-7H2,1H3. The third-order valence-corrected chi connectivity index (χ3v) is 6.15. The van der Waals surface area contributed by atoms with Crippen LogP contribution in [0.15, 0.2) is 34.3 Å². The van der Waals surface area contributed by atoms with Gasteiger partial charge in [-0.3, -0.25) is 4.98 Å². The molecule has 0 unspecified atom stereocenters. The van der Waals surface area contributed by atoms with E-state index >= 15 is 0 Å². The first kappa shape index (κ1) is 16.1. The van der Waals surface area contributed by atoms with Gasteiger partial charge in [0.1, 0.15) is 5.03 Å². The minimum atomic E-state index is 0.566. The Kier molecular flexibility index (Phi) is 5.27. The highest BCUT2D eigenvalue weighted by molar-refractivity contribution is 7.99. The van der Waals surface area contributed by atoms with Gasteiger partial charge in [-0.05, 0) is 31.9 Å². The number of rotatable bonds is 3. The lowest BCUT2D eigenvalue weighted by Crippen LogP contribution is -2.08. The summed E-state index contributed by atoms with van der Waals surface area (Å²) in [5, 5.41) is 2.03. The molecule has 2 nitrogen and oxygen atoms in total. The molecule has 1 heterocycles. The molecular weight excluding hydrogens is 335 g/mol. The van der Waals surface area contributed by atoms with Crippen LogP contribution in [0, 0.1) is 6.92 Å². The third kappa shape index (κ3) is 3.58. The van der Waals surface area contributed by atoms with Gasteiger partial charge >= 0.3 is 0 Å². The summed E-state index contributed by atoms with van der Waals surface area (Å²) in [6.45, 7) is 2.01. The molecular formula is C17H18Cl2N2S. The predicted molar refractivity (Wildman–Crippen MR) is 93.2 cm³/mol. The molecule has 1 saturated carbocycles. The molecule has 3 rings (SSSR count). The zero-order valence-electron chi connectivity index (χ0n) is 12.5. The molecule has 2 aromatic rings. The van der Waals surface area contributed by atoms with Gasteiger partial charge in [-0.15, -0.1) is 0 Å². The maximum Gasteiger partial charge on any atom is 0.122 e. The Hall–Kier alpha value is -0.770. The van der Waals surface area contributed by atoms with Gasteiger partial charge in [0.2, 0.25) is 0 Å². The first-order valence-electron chi connectivity index (χ1n) is 7.60. The topological polar surface area (TPSA) is 25.8 Å². The minimum absolute atomic E-state index is 0.566. The highest BCUT2D eigenvalue weighted by Gasteiger charge is 2.18. The summed E-state index contributed by atoms with van der Waals surface area (Å²) in [6, 6.07) is 5.64. The van der Waals surface area contributed by atoms with Gasteiger partial charge in [0, 0.05) is 10.8 Å². The SMILES string of the molecule is Cc1nc(C2CCCCC2)cnc1Sc1cccc(Cl)c1Cl. The fraction of sp³-hybridized carbons (Fsp3) is 0.412. The molecule has 0 radical (unpaired) electrons. The van der Waals surface area contributed by atoms with Crippen LogP contribution in [0.3, 0.4) is 0 Å². The van der Waals surface area contributed by atoms with E-state index in [2.05, 4.69) is 4.98 Å². The van der Waals surface area contributed by atoms with E-state index in [1.807, 2.05) is 25.3 Å². The normalized spacial score (nSPS) is 16.0. The molecule has 0 N–H and O–H groups in total. The van der Waals surface area contributed by atoms with Crippen molar-refractivity contribution in [3.63, 3.8) is 0 Å². The van der Waals surface area contributed by atoms with Gasteiger partial charge < -0.3 is 0 Å². The maximum absolute atomic E-state index is 6.25. The van der Waals surface area contributed by atoms with Crippen molar-refractivity contribution in [2.75, 3.05) is 0 Å². The van der Waals surface area contributed by atoms with Crippen molar-refractivity contribution in [2.45, 2.75) is 54.9 Å². The van der Waals surface area contributed by atoms with E-state index in [1.54, 1.807) is 6.07 Å². The summed E-state index contributed by atoms with van der Waals surface area (Å²) in [5.41, 5.74) is 2.10. The van der Waals surface area contributed by atoms with Gasteiger partial charge in [-0.2, -0.15) is 0 Å². The van der Waals surface area contributed by atoms with Crippen molar-refractivity contribution >= 4 is 35.0 Å². The van der Waals surface area contributed by atoms with E-state index in [0.29, 0.717) is 16.0 Å². The summed E-state index contributed by atoms with van der Waals surface area (Å²) in [7, 11) is 0. The summed E-state index contributed by atoms with van der Waals surface area (Å²) in [5.74, 6) is 0.578. The predicted octanol–water partition coefficient (Wildman–Crippen LogP) is 6.29. The van der Waals surface area contributed by atoms with Crippen molar-refractivity contribution in [3.8, 4) is 0 Å². The Morgan fingerprint density at radius 3 is 2.64 bits per heavy atom. The Morgan fingerprint density at radius 1 is 1.14 bits per heavy atom. The van der Waals surface area contributed by atoms with Gasteiger partial charge in [0.25, 0.3) is 0 Å². The molecule has 1 aliphatic rings. The Labute approximate surface area is 145 Å². The Balaban J connectivity index is 1.81. The van der Waals surface area contributed by atoms with Crippen molar-refractivity contribution in [1.29, 1.82) is 0 Å². The minimum Gasteiger partial charge on any atom is -0.253 e. The van der Waals surface area contributed by atoms with Crippen molar-refractivity contribution in [2.24, 2.45) is 0 Å². The van der Waals surface area contributed by atoms with Gasteiger partial charge in [-0.1, -0.05) is 60.3 Å². The van der Waals surface area contributed by atoms with Crippen LogP contribution in [0.5, 0.6) is 0 Å². The lowest BCUT2D eigenvalue weighted by Gasteiger charge is -2.21. The second-order valence-electron chi connectivity index (χ2n) is 5.67. The molecule has 5 heteroatoms. The lowest BCUT2D eigenvalue weighted by molar-refractivity contribution is 0.434. The molecule has 116 valence electrons. The highest BCUT2D eigenvalue weighted by Crippen LogP contribution is 2.38. The van der Waals surface area contributed by atoms with E-state index in [-0.39, 0.29) is 0 Å². The van der Waals surface area contributed by atoms with E-state index in [4.69, 9.17) is 28.2 Å². The van der Waals surface area contributed by atoms with Crippen molar-refractivity contribution in [3.05, 3.63) is 45.8 Å². The van der Waals surface area contributed by atoms with Crippen molar-refractivity contribution in [1.82, 2.24) is 9.97 Å². The Bertz CT molecular complexity index is 670. The average Bonchev–Trinajstić information content (AvgIpc) is 2.54. The smallest absolute Gasteiger partial charge is 0.122 e. The number of hydrogen-bond donors (Lipinski definition) is 0. The van der Waals surface area contributed by atoms with E-state index < -0.39 is 0 Å². The van der Waals surface area contributed by atoms with Crippen LogP contribution in [0.1, 0.15) is 49.4 Å². The first-order chi connectivity index (χ1) is 10.6. The molecule has 1 aromatic carbocycles. The Morgan fingerprint density at radius 2 is 1.91 bits per heavy atom.